The van der Waals surface area contributed by atoms with Gasteiger partial charge in [-0.15, -0.1) is 10.2 Å². The van der Waals surface area contributed by atoms with Crippen molar-refractivity contribution in [3.63, 3.8) is 0 Å². The summed E-state index contributed by atoms with van der Waals surface area (Å²) in [6, 6.07) is 11.5. The highest BCUT2D eigenvalue weighted by molar-refractivity contribution is 5.96. The molecule has 3 heterocycles. The van der Waals surface area contributed by atoms with Gasteiger partial charge in [-0.25, -0.2) is 0 Å². The van der Waals surface area contributed by atoms with E-state index in [0.717, 1.165) is 28.5 Å². The Morgan fingerprint density at radius 3 is 2.92 bits per heavy atom. The average molecular weight is 336 g/mol. The van der Waals surface area contributed by atoms with Crippen LogP contribution in [0.5, 0.6) is 5.75 Å². The fourth-order valence-electron chi connectivity index (χ4n) is 3.22. The highest BCUT2D eigenvalue weighted by atomic mass is 16.5. The number of para-hydroxylation sites is 1. The standard InChI is InChI=1S/C19H20N4O2/c1-12(2)18-22-21-17-8-7-13(11-23(17)18)20-19(24)15-9-10-25-16-6-4-3-5-14(15)16/h3-8,11-12,15H,9-10H2,1-2H3,(H,20,24)/t15-/m0/s1. The Bertz CT molecular complexity index is 932. The topological polar surface area (TPSA) is 68.5 Å². The highest BCUT2D eigenvalue weighted by Gasteiger charge is 2.27. The Kier molecular flexibility index (Phi) is 3.87. The molecule has 3 aromatic rings. The number of hydrogen-bond acceptors (Lipinski definition) is 4. The molecule has 25 heavy (non-hydrogen) atoms. The Balaban J connectivity index is 1.61. The number of fused-ring (bicyclic) bond motifs is 2. The van der Waals surface area contributed by atoms with Crippen molar-refractivity contribution in [2.24, 2.45) is 0 Å². The number of nitrogens with one attached hydrogen (secondary N) is 1. The summed E-state index contributed by atoms with van der Waals surface area (Å²) in [4.78, 5) is 12.8. The van der Waals surface area contributed by atoms with Gasteiger partial charge in [0.25, 0.3) is 0 Å². The van der Waals surface area contributed by atoms with Gasteiger partial charge < -0.3 is 10.1 Å². The van der Waals surface area contributed by atoms with Crippen molar-refractivity contribution in [1.82, 2.24) is 14.6 Å². The smallest absolute Gasteiger partial charge is 0.232 e. The average Bonchev–Trinajstić information content (AvgIpc) is 3.04. The summed E-state index contributed by atoms with van der Waals surface area (Å²) in [6.07, 6.45) is 2.56. The van der Waals surface area contributed by atoms with Crippen molar-refractivity contribution >= 4 is 17.2 Å². The van der Waals surface area contributed by atoms with Crippen molar-refractivity contribution in [3.8, 4) is 5.75 Å². The molecule has 1 aromatic carbocycles. The molecular weight excluding hydrogens is 316 g/mol. The maximum atomic E-state index is 12.8. The lowest BCUT2D eigenvalue weighted by atomic mass is 9.92. The summed E-state index contributed by atoms with van der Waals surface area (Å²) in [5.74, 6) is 1.71. The van der Waals surface area contributed by atoms with Gasteiger partial charge in [-0.3, -0.25) is 9.20 Å². The summed E-state index contributed by atoms with van der Waals surface area (Å²) in [7, 11) is 0. The molecule has 0 spiro atoms. The van der Waals surface area contributed by atoms with E-state index < -0.39 is 0 Å². The van der Waals surface area contributed by atoms with Crippen LogP contribution < -0.4 is 10.1 Å². The van der Waals surface area contributed by atoms with E-state index in [-0.39, 0.29) is 17.7 Å². The molecule has 1 N–H and O–H groups in total. The minimum absolute atomic E-state index is 0.0192. The van der Waals surface area contributed by atoms with E-state index in [9.17, 15) is 4.79 Å². The summed E-state index contributed by atoms with van der Waals surface area (Å²) < 4.78 is 7.57. The van der Waals surface area contributed by atoms with Gasteiger partial charge in [0.1, 0.15) is 11.6 Å². The monoisotopic (exact) mass is 336 g/mol. The molecule has 1 aliphatic heterocycles. The van der Waals surface area contributed by atoms with E-state index in [1.807, 2.05) is 47.0 Å². The predicted molar refractivity (Wildman–Crippen MR) is 95.0 cm³/mol. The fraction of sp³-hybridized carbons (Fsp3) is 0.316. The zero-order chi connectivity index (χ0) is 17.4. The first kappa shape index (κ1) is 15.6. The van der Waals surface area contributed by atoms with Crippen LogP contribution in [0.15, 0.2) is 42.6 Å². The van der Waals surface area contributed by atoms with Crippen LogP contribution >= 0.6 is 0 Å². The largest absolute Gasteiger partial charge is 0.493 e. The minimum Gasteiger partial charge on any atom is -0.493 e. The molecule has 2 aromatic heterocycles. The Morgan fingerprint density at radius 2 is 2.08 bits per heavy atom. The van der Waals surface area contributed by atoms with E-state index in [4.69, 9.17) is 4.74 Å². The van der Waals surface area contributed by atoms with Crippen molar-refractivity contribution in [3.05, 3.63) is 54.0 Å². The number of pyridine rings is 1. The van der Waals surface area contributed by atoms with Gasteiger partial charge in [0.05, 0.1) is 18.2 Å². The quantitative estimate of drug-likeness (QED) is 0.796. The van der Waals surface area contributed by atoms with Crippen LogP contribution in [0.1, 0.15) is 43.5 Å². The SMILES string of the molecule is CC(C)c1nnc2ccc(NC(=O)[C@H]3CCOc4ccccc43)cn12. The number of carbonyl (C=O) groups excluding carboxylic acids is 1. The van der Waals surface area contributed by atoms with Crippen molar-refractivity contribution in [2.75, 3.05) is 11.9 Å². The maximum Gasteiger partial charge on any atom is 0.232 e. The van der Waals surface area contributed by atoms with E-state index in [2.05, 4.69) is 29.4 Å². The van der Waals surface area contributed by atoms with Crippen molar-refractivity contribution < 1.29 is 9.53 Å². The van der Waals surface area contributed by atoms with Gasteiger partial charge in [0.2, 0.25) is 5.91 Å². The second-order valence-corrected chi connectivity index (χ2v) is 6.58. The summed E-state index contributed by atoms with van der Waals surface area (Å²) in [5, 5.41) is 11.4. The summed E-state index contributed by atoms with van der Waals surface area (Å²) in [6.45, 7) is 4.69. The highest BCUT2D eigenvalue weighted by Crippen LogP contribution is 2.34. The molecule has 1 amide bonds. The van der Waals surface area contributed by atoms with Crippen LogP contribution in [0.2, 0.25) is 0 Å². The first-order valence-corrected chi connectivity index (χ1v) is 8.51. The van der Waals surface area contributed by atoms with E-state index >= 15 is 0 Å². The third-order valence-electron chi connectivity index (χ3n) is 4.49. The molecule has 1 atom stereocenters. The van der Waals surface area contributed by atoms with Gasteiger partial charge in [-0.05, 0) is 24.6 Å². The molecule has 128 valence electrons. The zero-order valence-corrected chi connectivity index (χ0v) is 14.3. The van der Waals surface area contributed by atoms with Gasteiger partial charge >= 0.3 is 0 Å². The Hall–Kier alpha value is -2.89. The second-order valence-electron chi connectivity index (χ2n) is 6.58. The number of benzene rings is 1. The lowest BCUT2D eigenvalue weighted by molar-refractivity contribution is -0.118. The molecule has 0 fully saturated rings. The molecule has 0 saturated heterocycles. The molecule has 0 bridgehead atoms. The van der Waals surface area contributed by atoms with E-state index in [0.29, 0.717) is 13.0 Å². The molecule has 0 saturated carbocycles. The fourth-order valence-corrected chi connectivity index (χ4v) is 3.22. The molecule has 6 nitrogen and oxygen atoms in total. The van der Waals surface area contributed by atoms with Gasteiger partial charge in [0, 0.05) is 17.7 Å². The number of ether oxygens (including phenoxy) is 1. The van der Waals surface area contributed by atoms with Crippen molar-refractivity contribution in [1.29, 1.82) is 0 Å². The van der Waals surface area contributed by atoms with Gasteiger partial charge in [-0.2, -0.15) is 0 Å². The van der Waals surface area contributed by atoms with Crippen LogP contribution in [0.4, 0.5) is 5.69 Å². The molecule has 1 aliphatic rings. The van der Waals surface area contributed by atoms with Crippen LogP contribution in [-0.2, 0) is 4.79 Å². The van der Waals surface area contributed by atoms with E-state index in [1.165, 1.54) is 0 Å². The summed E-state index contributed by atoms with van der Waals surface area (Å²) in [5.41, 5.74) is 2.46. The molecule has 0 radical (unpaired) electrons. The van der Waals surface area contributed by atoms with Crippen LogP contribution in [0, 0.1) is 0 Å². The molecule has 6 heteroatoms. The maximum absolute atomic E-state index is 12.8. The van der Waals surface area contributed by atoms with Gasteiger partial charge in [0.15, 0.2) is 5.65 Å². The number of carbonyl (C=O) groups is 1. The third kappa shape index (κ3) is 2.84. The summed E-state index contributed by atoms with van der Waals surface area (Å²) >= 11 is 0. The van der Waals surface area contributed by atoms with Crippen LogP contribution in [-0.4, -0.2) is 27.1 Å². The number of amides is 1. The number of hydrogen-bond donors (Lipinski definition) is 1. The normalized spacial score (nSPS) is 16.5. The van der Waals surface area contributed by atoms with E-state index in [1.54, 1.807) is 0 Å². The Labute approximate surface area is 145 Å². The molecular formula is C19H20N4O2. The second kappa shape index (κ2) is 6.20. The number of nitrogens with zero attached hydrogens (tertiary/aromatic N) is 3. The van der Waals surface area contributed by atoms with Crippen LogP contribution in [0.25, 0.3) is 5.65 Å². The third-order valence-corrected chi connectivity index (χ3v) is 4.49. The number of rotatable bonds is 3. The van der Waals surface area contributed by atoms with Crippen molar-refractivity contribution in [2.45, 2.75) is 32.1 Å². The first-order chi connectivity index (χ1) is 12.1. The number of aromatic nitrogens is 3. The zero-order valence-electron chi connectivity index (χ0n) is 14.3. The lowest BCUT2D eigenvalue weighted by Crippen LogP contribution is -2.26. The Morgan fingerprint density at radius 1 is 1.24 bits per heavy atom. The lowest BCUT2D eigenvalue weighted by Gasteiger charge is -2.25. The predicted octanol–water partition coefficient (Wildman–Crippen LogP) is 3.36. The van der Waals surface area contributed by atoms with Crippen LogP contribution in [0.3, 0.4) is 0 Å². The molecule has 4 rings (SSSR count). The molecule has 0 aliphatic carbocycles. The number of anilines is 1. The van der Waals surface area contributed by atoms with Gasteiger partial charge in [-0.1, -0.05) is 32.0 Å². The molecule has 0 unspecified atom stereocenters. The minimum atomic E-state index is -0.203. The first-order valence-electron chi connectivity index (χ1n) is 8.51.